The Morgan fingerprint density at radius 2 is 2.17 bits per heavy atom. The minimum absolute atomic E-state index is 0.186. The smallest absolute Gasteiger partial charge is 0.207 e. The van der Waals surface area contributed by atoms with Gasteiger partial charge in [0, 0.05) is 22.8 Å². The van der Waals surface area contributed by atoms with Crippen molar-refractivity contribution in [3.8, 4) is 0 Å². The lowest BCUT2D eigenvalue weighted by Crippen LogP contribution is -2.45. The average Bonchev–Trinajstić information content (AvgIpc) is 2.55. The molecule has 0 aromatic carbocycles. The predicted octanol–water partition coefficient (Wildman–Crippen LogP) is 3.76. The maximum Gasteiger partial charge on any atom is 0.244 e. The van der Waals surface area contributed by atoms with Crippen LogP contribution < -0.4 is 0 Å². The molecule has 1 fully saturated rings. The Kier molecular flexibility index (Phi) is 4.91. The first-order chi connectivity index (χ1) is 8.46. The van der Waals surface area contributed by atoms with Crippen molar-refractivity contribution in [1.29, 1.82) is 0 Å². The summed E-state index contributed by atoms with van der Waals surface area (Å²) in [6.07, 6.45) is 3.10. The molecule has 0 amide bonds. The van der Waals surface area contributed by atoms with Crippen LogP contribution in [0.5, 0.6) is 0 Å². The summed E-state index contributed by atoms with van der Waals surface area (Å²) in [4.78, 5) is 1.30. The lowest BCUT2D eigenvalue weighted by atomic mass is 9.93. The monoisotopic (exact) mass is 415 g/mol. The number of alkyl halides is 1. The molecule has 102 valence electrons. The Hall–Kier alpha value is 0.570. The second-order valence-electron chi connectivity index (χ2n) is 4.36. The molecule has 0 bridgehead atoms. The topological polar surface area (TPSA) is 37.4 Å². The van der Waals surface area contributed by atoms with E-state index >= 15 is 0 Å². The zero-order valence-electron chi connectivity index (χ0n) is 10.0. The first kappa shape index (κ1) is 15.0. The highest BCUT2D eigenvalue weighted by Crippen LogP contribution is 2.35. The highest BCUT2D eigenvalue weighted by atomic mass is 79.9. The van der Waals surface area contributed by atoms with Crippen molar-refractivity contribution in [2.24, 2.45) is 0 Å². The maximum absolute atomic E-state index is 12.7. The standard InChI is InChI=1S/C11H15Br2NO2S2/c1-8-10(7-11(13)17-8)18(15,16)14(6-5-12)9-3-2-4-9/h7,9H,2-6H2,1H3. The Morgan fingerprint density at radius 3 is 2.56 bits per heavy atom. The highest BCUT2D eigenvalue weighted by Gasteiger charge is 2.35. The second-order valence-corrected chi connectivity index (χ2v) is 9.65. The van der Waals surface area contributed by atoms with Crippen molar-refractivity contribution in [3.63, 3.8) is 0 Å². The van der Waals surface area contributed by atoms with Crippen molar-refractivity contribution in [3.05, 3.63) is 14.7 Å². The number of thiophene rings is 1. The summed E-state index contributed by atoms with van der Waals surface area (Å²) >= 11 is 8.17. The molecule has 0 unspecified atom stereocenters. The van der Waals surface area contributed by atoms with Gasteiger partial charge in [0.2, 0.25) is 10.0 Å². The number of halogens is 2. The fourth-order valence-electron chi connectivity index (χ4n) is 2.07. The van der Waals surface area contributed by atoms with Crippen LogP contribution in [0.3, 0.4) is 0 Å². The third-order valence-electron chi connectivity index (χ3n) is 3.22. The van der Waals surface area contributed by atoms with E-state index in [1.54, 1.807) is 10.4 Å². The minimum atomic E-state index is -3.35. The molecule has 18 heavy (non-hydrogen) atoms. The van der Waals surface area contributed by atoms with Crippen LogP contribution in [-0.4, -0.2) is 30.6 Å². The molecule has 0 aliphatic heterocycles. The first-order valence-electron chi connectivity index (χ1n) is 5.80. The first-order valence-corrected chi connectivity index (χ1v) is 9.97. The second kappa shape index (κ2) is 5.91. The third kappa shape index (κ3) is 2.85. The number of sulfonamides is 1. The van der Waals surface area contributed by atoms with Gasteiger partial charge in [0.1, 0.15) is 0 Å². The molecule has 0 saturated heterocycles. The summed E-state index contributed by atoms with van der Waals surface area (Å²) in [5.74, 6) is 0. The van der Waals surface area contributed by atoms with E-state index in [0.717, 1.165) is 27.9 Å². The van der Waals surface area contributed by atoms with Crippen LogP contribution in [-0.2, 0) is 10.0 Å². The van der Waals surface area contributed by atoms with Crippen molar-refractivity contribution in [2.75, 3.05) is 11.9 Å². The fourth-order valence-corrected chi connectivity index (χ4v) is 6.76. The molecule has 1 aromatic rings. The molecule has 2 rings (SSSR count). The molecule has 0 radical (unpaired) electrons. The van der Waals surface area contributed by atoms with Gasteiger partial charge in [-0.05, 0) is 41.8 Å². The van der Waals surface area contributed by atoms with E-state index < -0.39 is 10.0 Å². The van der Waals surface area contributed by atoms with Gasteiger partial charge < -0.3 is 0 Å². The summed E-state index contributed by atoms with van der Waals surface area (Å²) in [6, 6.07) is 1.90. The quantitative estimate of drug-likeness (QED) is 0.685. The molecule has 1 aromatic heterocycles. The van der Waals surface area contributed by atoms with Gasteiger partial charge in [-0.2, -0.15) is 4.31 Å². The molecule has 0 spiro atoms. The fraction of sp³-hybridized carbons (Fsp3) is 0.636. The number of aryl methyl sites for hydroxylation is 1. The van der Waals surface area contributed by atoms with Crippen LogP contribution in [0, 0.1) is 6.92 Å². The van der Waals surface area contributed by atoms with Crippen LogP contribution >= 0.6 is 43.2 Å². The van der Waals surface area contributed by atoms with E-state index in [1.807, 2.05) is 6.92 Å². The van der Waals surface area contributed by atoms with Crippen LogP contribution in [0.2, 0.25) is 0 Å². The Morgan fingerprint density at radius 1 is 1.50 bits per heavy atom. The summed E-state index contributed by atoms with van der Waals surface area (Å²) in [7, 11) is -3.35. The molecule has 1 heterocycles. The van der Waals surface area contributed by atoms with Gasteiger partial charge in [0.15, 0.2) is 0 Å². The van der Waals surface area contributed by atoms with Gasteiger partial charge in [-0.15, -0.1) is 11.3 Å². The number of nitrogens with zero attached hydrogens (tertiary/aromatic N) is 1. The zero-order valence-corrected chi connectivity index (χ0v) is 14.8. The molecule has 1 saturated carbocycles. The normalized spacial score (nSPS) is 17.1. The van der Waals surface area contributed by atoms with Crippen LogP contribution in [0.25, 0.3) is 0 Å². The lowest BCUT2D eigenvalue weighted by molar-refractivity contribution is 0.228. The van der Waals surface area contributed by atoms with E-state index in [0.29, 0.717) is 16.8 Å². The van der Waals surface area contributed by atoms with Crippen LogP contribution in [0.15, 0.2) is 14.7 Å². The summed E-state index contributed by atoms with van der Waals surface area (Å²) in [5.41, 5.74) is 0. The molecule has 7 heteroatoms. The molecule has 1 aliphatic rings. The van der Waals surface area contributed by atoms with Crippen molar-refractivity contribution in [1.82, 2.24) is 4.31 Å². The molecular weight excluding hydrogens is 402 g/mol. The van der Waals surface area contributed by atoms with Crippen molar-refractivity contribution < 1.29 is 8.42 Å². The van der Waals surface area contributed by atoms with E-state index in [4.69, 9.17) is 0 Å². The Labute approximate surface area is 129 Å². The average molecular weight is 417 g/mol. The van der Waals surface area contributed by atoms with Gasteiger partial charge in [0.05, 0.1) is 8.68 Å². The largest absolute Gasteiger partial charge is 0.244 e. The predicted molar refractivity (Wildman–Crippen MR) is 82.1 cm³/mol. The Balaban J connectivity index is 2.35. The van der Waals surface area contributed by atoms with Gasteiger partial charge in [0.25, 0.3) is 0 Å². The zero-order chi connectivity index (χ0) is 13.3. The maximum atomic E-state index is 12.7. The van der Waals surface area contributed by atoms with Gasteiger partial charge >= 0.3 is 0 Å². The number of rotatable bonds is 5. The third-order valence-corrected chi connectivity index (χ3v) is 7.33. The number of hydrogen-bond acceptors (Lipinski definition) is 3. The van der Waals surface area contributed by atoms with Crippen molar-refractivity contribution >= 4 is 53.2 Å². The molecule has 0 N–H and O–H groups in total. The lowest BCUT2D eigenvalue weighted by Gasteiger charge is -2.36. The van der Waals surface area contributed by atoms with E-state index in [1.165, 1.54) is 11.3 Å². The number of hydrogen-bond donors (Lipinski definition) is 0. The summed E-state index contributed by atoms with van der Waals surface area (Å²) in [5, 5.41) is 0.674. The van der Waals surface area contributed by atoms with Gasteiger partial charge in [-0.1, -0.05) is 22.4 Å². The van der Waals surface area contributed by atoms with Crippen LogP contribution in [0.1, 0.15) is 24.1 Å². The van der Waals surface area contributed by atoms with E-state index in [2.05, 4.69) is 31.9 Å². The van der Waals surface area contributed by atoms with Gasteiger partial charge in [-0.25, -0.2) is 8.42 Å². The SMILES string of the molecule is Cc1sc(Br)cc1S(=O)(=O)N(CCBr)C1CCC1. The minimum Gasteiger partial charge on any atom is -0.207 e. The highest BCUT2D eigenvalue weighted by molar-refractivity contribution is 9.11. The summed E-state index contributed by atoms with van der Waals surface area (Å²) < 4.78 is 27.9. The molecule has 0 atom stereocenters. The molecule has 1 aliphatic carbocycles. The molecular formula is C11H15Br2NO2S2. The summed E-state index contributed by atoms with van der Waals surface area (Å²) in [6.45, 7) is 2.40. The Bertz CT molecular complexity index is 523. The van der Waals surface area contributed by atoms with E-state index in [9.17, 15) is 8.42 Å². The van der Waals surface area contributed by atoms with E-state index in [-0.39, 0.29) is 6.04 Å². The van der Waals surface area contributed by atoms with Crippen LogP contribution in [0.4, 0.5) is 0 Å². The van der Waals surface area contributed by atoms with Gasteiger partial charge in [-0.3, -0.25) is 0 Å². The van der Waals surface area contributed by atoms with Crippen molar-refractivity contribution in [2.45, 2.75) is 37.1 Å². The molecule has 3 nitrogen and oxygen atoms in total.